The molecule has 0 spiro atoms. The standard InChI is InChI=1S/C8H9ClS/c9-6-5-7-3-1-2-4-8(7)10/h1-4,10H,5-6H2. The molecule has 0 aliphatic carbocycles. The number of thiol groups is 1. The van der Waals surface area contributed by atoms with Gasteiger partial charge in [0.15, 0.2) is 0 Å². The molecule has 10 heavy (non-hydrogen) atoms. The van der Waals surface area contributed by atoms with E-state index in [4.69, 9.17) is 11.6 Å². The molecule has 1 aromatic carbocycles. The SMILES string of the molecule is Sc1ccccc1CCCl. The van der Waals surface area contributed by atoms with Crippen LogP contribution in [0.4, 0.5) is 0 Å². The molecule has 0 nitrogen and oxygen atoms in total. The van der Waals surface area contributed by atoms with E-state index >= 15 is 0 Å². The molecule has 0 amide bonds. The van der Waals surface area contributed by atoms with Crippen molar-refractivity contribution in [1.29, 1.82) is 0 Å². The minimum Gasteiger partial charge on any atom is -0.143 e. The average Bonchev–Trinajstić information content (AvgIpc) is 1.94. The minimum absolute atomic E-state index is 0.664. The lowest BCUT2D eigenvalue weighted by Crippen LogP contribution is -1.86. The van der Waals surface area contributed by atoms with Crippen LogP contribution in [-0.2, 0) is 6.42 Å². The molecular weight excluding hydrogens is 164 g/mol. The minimum atomic E-state index is 0.664. The molecule has 0 heterocycles. The Kier molecular flexibility index (Phi) is 3.10. The van der Waals surface area contributed by atoms with Gasteiger partial charge in [0, 0.05) is 10.8 Å². The number of benzene rings is 1. The van der Waals surface area contributed by atoms with Crippen molar-refractivity contribution in [2.24, 2.45) is 0 Å². The molecular formula is C8H9ClS. The van der Waals surface area contributed by atoms with Gasteiger partial charge in [0.1, 0.15) is 0 Å². The van der Waals surface area contributed by atoms with Crippen LogP contribution >= 0.6 is 24.2 Å². The molecule has 0 aliphatic rings. The third-order valence-electron chi connectivity index (χ3n) is 1.36. The van der Waals surface area contributed by atoms with E-state index in [1.54, 1.807) is 0 Å². The Labute approximate surface area is 71.6 Å². The lowest BCUT2D eigenvalue weighted by molar-refractivity contribution is 1.09. The van der Waals surface area contributed by atoms with Crippen LogP contribution in [0.3, 0.4) is 0 Å². The Bertz CT molecular complexity index is 210. The summed E-state index contributed by atoms with van der Waals surface area (Å²) in [5.74, 6) is 0.664. The zero-order valence-corrected chi connectivity index (χ0v) is 7.20. The first-order valence-electron chi connectivity index (χ1n) is 3.17. The Hall–Kier alpha value is -0.140. The van der Waals surface area contributed by atoms with E-state index in [0.717, 1.165) is 11.3 Å². The molecule has 0 unspecified atom stereocenters. The molecule has 54 valence electrons. The van der Waals surface area contributed by atoms with Gasteiger partial charge in [-0.05, 0) is 18.1 Å². The molecule has 0 saturated heterocycles. The highest BCUT2D eigenvalue weighted by atomic mass is 35.5. The molecule has 0 radical (unpaired) electrons. The first-order valence-corrected chi connectivity index (χ1v) is 4.15. The third kappa shape index (κ3) is 1.93. The van der Waals surface area contributed by atoms with Gasteiger partial charge in [-0.2, -0.15) is 0 Å². The number of alkyl halides is 1. The Morgan fingerprint density at radius 3 is 2.60 bits per heavy atom. The molecule has 0 fully saturated rings. The summed E-state index contributed by atoms with van der Waals surface area (Å²) in [4.78, 5) is 1.03. The summed E-state index contributed by atoms with van der Waals surface area (Å²) in [7, 11) is 0. The molecule has 0 atom stereocenters. The fraction of sp³-hybridized carbons (Fsp3) is 0.250. The summed E-state index contributed by atoms with van der Waals surface area (Å²) in [6.07, 6.45) is 0.904. The molecule has 0 saturated carbocycles. The van der Waals surface area contributed by atoms with E-state index in [0.29, 0.717) is 5.88 Å². The van der Waals surface area contributed by atoms with Gasteiger partial charge in [-0.25, -0.2) is 0 Å². The highest BCUT2D eigenvalue weighted by Crippen LogP contribution is 2.13. The number of hydrogen-bond acceptors (Lipinski definition) is 1. The van der Waals surface area contributed by atoms with E-state index in [2.05, 4.69) is 12.6 Å². The van der Waals surface area contributed by atoms with Crippen molar-refractivity contribution in [3.63, 3.8) is 0 Å². The lowest BCUT2D eigenvalue weighted by Gasteiger charge is -1.99. The maximum atomic E-state index is 5.57. The van der Waals surface area contributed by atoms with Crippen molar-refractivity contribution in [3.8, 4) is 0 Å². The van der Waals surface area contributed by atoms with Gasteiger partial charge >= 0.3 is 0 Å². The van der Waals surface area contributed by atoms with Crippen LogP contribution in [0.5, 0.6) is 0 Å². The summed E-state index contributed by atoms with van der Waals surface area (Å²) in [5.41, 5.74) is 1.22. The maximum Gasteiger partial charge on any atom is 0.0264 e. The Balaban J connectivity index is 2.81. The average molecular weight is 173 g/mol. The summed E-state index contributed by atoms with van der Waals surface area (Å²) in [6.45, 7) is 0. The lowest BCUT2D eigenvalue weighted by atomic mass is 10.2. The third-order valence-corrected chi connectivity index (χ3v) is 1.98. The van der Waals surface area contributed by atoms with Gasteiger partial charge in [-0.15, -0.1) is 24.2 Å². The van der Waals surface area contributed by atoms with Crippen LogP contribution in [0.1, 0.15) is 5.56 Å². The summed E-state index contributed by atoms with van der Waals surface area (Å²) < 4.78 is 0. The highest BCUT2D eigenvalue weighted by molar-refractivity contribution is 7.80. The van der Waals surface area contributed by atoms with Gasteiger partial charge in [0.2, 0.25) is 0 Å². The van der Waals surface area contributed by atoms with Gasteiger partial charge in [0.05, 0.1) is 0 Å². The summed E-state index contributed by atoms with van der Waals surface area (Å²) >= 11 is 9.85. The number of halogens is 1. The number of hydrogen-bond donors (Lipinski definition) is 1. The van der Waals surface area contributed by atoms with Gasteiger partial charge in [-0.3, -0.25) is 0 Å². The smallest absolute Gasteiger partial charge is 0.0264 e. The molecule has 1 aromatic rings. The van der Waals surface area contributed by atoms with Crippen molar-refractivity contribution in [2.75, 3.05) is 5.88 Å². The molecule has 0 N–H and O–H groups in total. The van der Waals surface area contributed by atoms with E-state index in [1.165, 1.54) is 5.56 Å². The van der Waals surface area contributed by atoms with Gasteiger partial charge in [-0.1, -0.05) is 18.2 Å². The number of rotatable bonds is 2. The predicted molar refractivity (Wildman–Crippen MR) is 48.1 cm³/mol. The second kappa shape index (κ2) is 3.89. The summed E-state index contributed by atoms with van der Waals surface area (Å²) in [6, 6.07) is 8.00. The van der Waals surface area contributed by atoms with Crippen LogP contribution in [-0.4, -0.2) is 5.88 Å². The zero-order valence-electron chi connectivity index (χ0n) is 5.55. The largest absolute Gasteiger partial charge is 0.143 e. The normalized spacial score (nSPS) is 9.80. The van der Waals surface area contributed by atoms with E-state index in [-0.39, 0.29) is 0 Å². The van der Waals surface area contributed by atoms with E-state index < -0.39 is 0 Å². The first-order chi connectivity index (χ1) is 4.84. The van der Waals surface area contributed by atoms with Crippen LogP contribution in [0, 0.1) is 0 Å². The maximum absolute atomic E-state index is 5.57. The van der Waals surface area contributed by atoms with Gasteiger partial charge in [0.25, 0.3) is 0 Å². The fourth-order valence-corrected chi connectivity index (χ4v) is 1.30. The highest BCUT2D eigenvalue weighted by Gasteiger charge is 1.94. The molecule has 1 rings (SSSR count). The second-order valence-electron chi connectivity index (χ2n) is 2.07. The number of aryl methyl sites for hydroxylation is 1. The van der Waals surface area contributed by atoms with Gasteiger partial charge < -0.3 is 0 Å². The van der Waals surface area contributed by atoms with Crippen molar-refractivity contribution >= 4 is 24.2 Å². The molecule has 0 bridgehead atoms. The molecule has 0 aromatic heterocycles. The fourth-order valence-electron chi connectivity index (χ4n) is 0.824. The van der Waals surface area contributed by atoms with Crippen molar-refractivity contribution in [2.45, 2.75) is 11.3 Å². The van der Waals surface area contributed by atoms with Crippen LogP contribution < -0.4 is 0 Å². The van der Waals surface area contributed by atoms with E-state index in [1.807, 2.05) is 24.3 Å². The Morgan fingerprint density at radius 2 is 2.00 bits per heavy atom. The van der Waals surface area contributed by atoms with Crippen LogP contribution in [0.2, 0.25) is 0 Å². The van der Waals surface area contributed by atoms with Crippen LogP contribution in [0.25, 0.3) is 0 Å². The Morgan fingerprint density at radius 1 is 1.30 bits per heavy atom. The first kappa shape index (κ1) is 7.96. The molecule has 0 aliphatic heterocycles. The quantitative estimate of drug-likeness (QED) is 0.515. The predicted octanol–water partition coefficient (Wildman–Crippen LogP) is 2.76. The molecule has 2 heteroatoms. The van der Waals surface area contributed by atoms with Crippen molar-refractivity contribution in [1.82, 2.24) is 0 Å². The zero-order chi connectivity index (χ0) is 7.40. The van der Waals surface area contributed by atoms with Crippen molar-refractivity contribution in [3.05, 3.63) is 29.8 Å². The van der Waals surface area contributed by atoms with Crippen LogP contribution in [0.15, 0.2) is 29.2 Å². The topological polar surface area (TPSA) is 0 Å². The van der Waals surface area contributed by atoms with Crippen molar-refractivity contribution < 1.29 is 0 Å². The summed E-state index contributed by atoms with van der Waals surface area (Å²) in [5, 5.41) is 0. The van der Waals surface area contributed by atoms with E-state index in [9.17, 15) is 0 Å². The monoisotopic (exact) mass is 172 g/mol. The second-order valence-corrected chi connectivity index (χ2v) is 2.93.